The minimum atomic E-state index is -0.326. The molecule has 2 amide bonds. The summed E-state index contributed by atoms with van der Waals surface area (Å²) < 4.78 is 0. The first-order valence-electron chi connectivity index (χ1n) is 6.92. The summed E-state index contributed by atoms with van der Waals surface area (Å²) in [4.78, 5) is 25.6. The van der Waals surface area contributed by atoms with Crippen LogP contribution in [-0.4, -0.2) is 29.3 Å². The van der Waals surface area contributed by atoms with E-state index in [1.54, 1.807) is 17.0 Å². The number of likely N-dealkylation sites (tertiary alicyclic amines) is 1. The van der Waals surface area contributed by atoms with Crippen LogP contribution in [0.25, 0.3) is 0 Å². The van der Waals surface area contributed by atoms with Crippen molar-refractivity contribution in [3.63, 3.8) is 0 Å². The van der Waals surface area contributed by atoms with E-state index in [2.05, 4.69) is 0 Å². The summed E-state index contributed by atoms with van der Waals surface area (Å²) in [5.74, 6) is -0.612. The van der Waals surface area contributed by atoms with Crippen molar-refractivity contribution in [2.45, 2.75) is 32.4 Å². The van der Waals surface area contributed by atoms with Crippen LogP contribution in [-0.2, 0) is 11.3 Å². The lowest BCUT2D eigenvalue weighted by molar-refractivity contribution is -0.123. The molecule has 116 valence electrons. The topological polar surface area (TPSA) is 89.4 Å². The van der Waals surface area contributed by atoms with E-state index in [1.165, 1.54) is 0 Å². The van der Waals surface area contributed by atoms with Crippen molar-refractivity contribution >= 4 is 24.2 Å². The van der Waals surface area contributed by atoms with Crippen LogP contribution in [0.3, 0.4) is 0 Å². The molecule has 0 bridgehead atoms. The zero-order valence-corrected chi connectivity index (χ0v) is 12.9. The SMILES string of the molecule is CC1CCC(C(N)=O)CN1C(=O)c1ccc(CN)cc1.Cl. The third kappa shape index (κ3) is 3.95. The number of piperidine rings is 1. The molecule has 2 atom stereocenters. The highest BCUT2D eigenvalue weighted by molar-refractivity contribution is 5.95. The van der Waals surface area contributed by atoms with Gasteiger partial charge in [0.1, 0.15) is 0 Å². The van der Waals surface area contributed by atoms with Gasteiger partial charge in [0.25, 0.3) is 5.91 Å². The lowest BCUT2D eigenvalue weighted by Gasteiger charge is -2.37. The van der Waals surface area contributed by atoms with Gasteiger partial charge in [-0.2, -0.15) is 0 Å². The number of amides is 2. The van der Waals surface area contributed by atoms with Crippen molar-refractivity contribution in [2.24, 2.45) is 17.4 Å². The largest absolute Gasteiger partial charge is 0.369 e. The molecule has 2 unspecified atom stereocenters. The monoisotopic (exact) mass is 311 g/mol. The van der Waals surface area contributed by atoms with E-state index in [-0.39, 0.29) is 36.2 Å². The van der Waals surface area contributed by atoms with Gasteiger partial charge in [-0.25, -0.2) is 0 Å². The fourth-order valence-electron chi connectivity index (χ4n) is 2.57. The average molecular weight is 312 g/mol. The Labute approximate surface area is 131 Å². The summed E-state index contributed by atoms with van der Waals surface area (Å²) in [5.41, 5.74) is 12.5. The number of carbonyl (C=O) groups is 2. The molecule has 1 heterocycles. The third-order valence-electron chi connectivity index (χ3n) is 3.98. The van der Waals surface area contributed by atoms with Gasteiger partial charge in [0.15, 0.2) is 0 Å². The number of hydrogen-bond acceptors (Lipinski definition) is 3. The maximum atomic E-state index is 12.5. The summed E-state index contributed by atoms with van der Waals surface area (Å²) in [7, 11) is 0. The second kappa shape index (κ2) is 7.43. The van der Waals surface area contributed by atoms with Gasteiger partial charge in [0.05, 0.1) is 5.92 Å². The van der Waals surface area contributed by atoms with Crippen LogP contribution in [0.15, 0.2) is 24.3 Å². The van der Waals surface area contributed by atoms with E-state index < -0.39 is 0 Å². The van der Waals surface area contributed by atoms with Crippen molar-refractivity contribution < 1.29 is 9.59 Å². The van der Waals surface area contributed by atoms with Gasteiger partial charge in [-0.15, -0.1) is 12.4 Å². The Kier molecular flexibility index (Phi) is 6.18. The number of hydrogen-bond donors (Lipinski definition) is 2. The molecule has 0 aliphatic carbocycles. The first kappa shape index (κ1) is 17.5. The molecule has 0 spiro atoms. The highest BCUT2D eigenvalue weighted by atomic mass is 35.5. The summed E-state index contributed by atoms with van der Waals surface area (Å²) in [5, 5.41) is 0. The fraction of sp³-hybridized carbons (Fsp3) is 0.467. The number of nitrogens with zero attached hydrogens (tertiary/aromatic N) is 1. The zero-order valence-electron chi connectivity index (χ0n) is 12.1. The summed E-state index contributed by atoms with van der Waals surface area (Å²) in [6.07, 6.45) is 1.56. The Bertz CT molecular complexity index is 504. The lowest BCUT2D eigenvalue weighted by atomic mass is 9.92. The zero-order chi connectivity index (χ0) is 14.7. The molecule has 5 nitrogen and oxygen atoms in total. The van der Waals surface area contributed by atoms with Crippen LogP contribution in [0.1, 0.15) is 35.7 Å². The van der Waals surface area contributed by atoms with E-state index >= 15 is 0 Å². The molecule has 21 heavy (non-hydrogen) atoms. The average Bonchev–Trinajstić information content (AvgIpc) is 2.47. The second-order valence-corrected chi connectivity index (χ2v) is 5.38. The van der Waals surface area contributed by atoms with Crippen molar-refractivity contribution in [3.05, 3.63) is 35.4 Å². The van der Waals surface area contributed by atoms with Crippen LogP contribution in [0.4, 0.5) is 0 Å². The van der Waals surface area contributed by atoms with Crippen LogP contribution >= 0.6 is 12.4 Å². The highest BCUT2D eigenvalue weighted by Crippen LogP contribution is 2.23. The first-order chi connectivity index (χ1) is 9.52. The quantitative estimate of drug-likeness (QED) is 0.881. The summed E-state index contributed by atoms with van der Waals surface area (Å²) in [6.45, 7) is 2.87. The summed E-state index contributed by atoms with van der Waals surface area (Å²) in [6, 6.07) is 7.41. The molecule has 0 aromatic heterocycles. The van der Waals surface area contributed by atoms with Gasteiger partial charge < -0.3 is 16.4 Å². The van der Waals surface area contributed by atoms with E-state index in [9.17, 15) is 9.59 Å². The molecular weight excluding hydrogens is 290 g/mol. The Morgan fingerprint density at radius 1 is 1.24 bits per heavy atom. The smallest absolute Gasteiger partial charge is 0.254 e. The van der Waals surface area contributed by atoms with Gasteiger partial charge in [-0.05, 0) is 37.5 Å². The van der Waals surface area contributed by atoms with Crippen LogP contribution in [0.5, 0.6) is 0 Å². The maximum absolute atomic E-state index is 12.5. The molecule has 6 heteroatoms. The molecule has 1 aliphatic rings. The van der Waals surface area contributed by atoms with Gasteiger partial charge in [-0.1, -0.05) is 12.1 Å². The molecule has 0 saturated carbocycles. The second-order valence-electron chi connectivity index (χ2n) is 5.38. The molecule has 1 fully saturated rings. The van der Waals surface area contributed by atoms with E-state index in [0.717, 1.165) is 18.4 Å². The number of halogens is 1. The Hall–Kier alpha value is -1.59. The minimum absolute atomic E-state index is 0. The van der Waals surface area contributed by atoms with Gasteiger partial charge in [-0.3, -0.25) is 9.59 Å². The third-order valence-corrected chi connectivity index (χ3v) is 3.98. The molecule has 0 radical (unpaired) electrons. The van der Waals surface area contributed by atoms with Crippen LogP contribution < -0.4 is 11.5 Å². The maximum Gasteiger partial charge on any atom is 0.254 e. The Morgan fingerprint density at radius 2 is 1.86 bits per heavy atom. The van der Waals surface area contributed by atoms with Crippen LogP contribution in [0.2, 0.25) is 0 Å². The van der Waals surface area contributed by atoms with Gasteiger partial charge in [0.2, 0.25) is 5.91 Å². The molecule has 2 rings (SSSR count). The highest BCUT2D eigenvalue weighted by Gasteiger charge is 2.31. The normalized spacial score (nSPS) is 21.5. The van der Waals surface area contributed by atoms with Crippen molar-refractivity contribution in [3.8, 4) is 0 Å². The molecule has 1 aromatic carbocycles. The number of rotatable bonds is 3. The molecule has 4 N–H and O–H groups in total. The molecule has 1 aliphatic heterocycles. The van der Waals surface area contributed by atoms with E-state index in [1.807, 2.05) is 19.1 Å². The number of primary amides is 1. The molecule has 1 saturated heterocycles. The van der Waals surface area contributed by atoms with E-state index in [0.29, 0.717) is 18.7 Å². The molecular formula is C15H22ClN3O2. The Morgan fingerprint density at radius 3 is 2.38 bits per heavy atom. The summed E-state index contributed by atoms with van der Waals surface area (Å²) >= 11 is 0. The van der Waals surface area contributed by atoms with E-state index in [4.69, 9.17) is 11.5 Å². The minimum Gasteiger partial charge on any atom is -0.369 e. The first-order valence-corrected chi connectivity index (χ1v) is 6.92. The number of nitrogens with two attached hydrogens (primary N) is 2. The van der Waals surface area contributed by atoms with Crippen molar-refractivity contribution in [2.75, 3.05) is 6.54 Å². The molecule has 1 aromatic rings. The van der Waals surface area contributed by atoms with Gasteiger partial charge >= 0.3 is 0 Å². The lowest BCUT2D eigenvalue weighted by Crippen LogP contribution is -2.48. The van der Waals surface area contributed by atoms with Crippen LogP contribution in [0, 0.1) is 5.92 Å². The predicted octanol–water partition coefficient (Wildman–Crippen LogP) is 1.29. The number of benzene rings is 1. The van der Waals surface area contributed by atoms with Crippen molar-refractivity contribution in [1.29, 1.82) is 0 Å². The van der Waals surface area contributed by atoms with Gasteiger partial charge in [0, 0.05) is 24.7 Å². The fourth-order valence-corrected chi connectivity index (χ4v) is 2.57. The standard InChI is InChI=1S/C15H21N3O2.ClH/c1-10-2-5-13(14(17)19)9-18(10)15(20)12-6-3-11(8-16)4-7-12;/h3-4,6-7,10,13H,2,5,8-9,16H2,1H3,(H2,17,19);1H. The predicted molar refractivity (Wildman–Crippen MR) is 84.0 cm³/mol. The Balaban J connectivity index is 0.00000220. The number of carbonyl (C=O) groups excluding carboxylic acids is 2. The van der Waals surface area contributed by atoms with Crippen molar-refractivity contribution in [1.82, 2.24) is 4.90 Å².